The normalized spacial score (nSPS) is 29.5. The second kappa shape index (κ2) is 9.90. The number of hydrogen-bond acceptors (Lipinski definition) is 3. The molecule has 1 amide bonds. The molecule has 0 bridgehead atoms. The molecule has 0 spiro atoms. The zero-order valence-corrected chi connectivity index (χ0v) is 21.8. The molecule has 2 aliphatic rings. The van der Waals surface area contributed by atoms with Gasteiger partial charge in [0.25, 0.3) is 0 Å². The van der Waals surface area contributed by atoms with E-state index in [9.17, 15) is 4.79 Å². The maximum atomic E-state index is 12.9. The van der Waals surface area contributed by atoms with Gasteiger partial charge in [0.1, 0.15) is 12.4 Å². The van der Waals surface area contributed by atoms with E-state index >= 15 is 0 Å². The van der Waals surface area contributed by atoms with Gasteiger partial charge in [-0.3, -0.25) is 4.79 Å². The third-order valence-electron chi connectivity index (χ3n) is 7.39. The molecule has 1 heterocycles. The number of rotatable bonds is 7. The Labute approximate surface area is 209 Å². The zero-order valence-electron chi connectivity index (χ0n) is 18.9. The quantitative estimate of drug-likeness (QED) is 0.250. The average molecular weight is 568 g/mol. The molecule has 4 nitrogen and oxygen atoms in total. The lowest BCUT2D eigenvalue weighted by Gasteiger charge is -2.46. The van der Waals surface area contributed by atoms with Gasteiger partial charge in [0.2, 0.25) is 5.91 Å². The third-order valence-corrected chi connectivity index (χ3v) is 8.60. The Balaban J connectivity index is 1.72. The molecule has 2 aromatic rings. The lowest BCUT2D eigenvalue weighted by atomic mass is 9.56. The maximum Gasteiger partial charge on any atom is 0.226 e. The first-order chi connectivity index (χ1) is 15.4. The van der Waals surface area contributed by atoms with Crippen molar-refractivity contribution in [1.82, 2.24) is 5.32 Å². The van der Waals surface area contributed by atoms with Crippen LogP contribution >= 0.6 is 34.2 Å². The van der Waals surface area contributed by atoms with Gasteiger partial charge in [-0.15, -0.1) is 0 Å². The number of amides is 1. The van der Waals surface area contributed by atoms with Crippen molar-refractivity contribution in [2.24, 2.45) is 11.3 Å². The molecule has 4 rings (SSSR count). The van der Waals surface area contributed by atoms with Crippen molar-refractivity contribution in [3.8, 4) is 5.75 Å². The smallest absolute Gasteiger partial charge is 0.226 e. The number of carbonyl (C=O) groups excluding carboxylic acids is 1. The van der Waals surface area contributed by atoms with Crippen LogP contribution in [-0.2, 0) is 14.0 Å². The fourth-order valence-corrected chi connectivity index (χ4v) is 6.62. The minimum atomic E-state index is -0.349. The first kappa shape index (κ1) is 23.8. The second-order valence-corrected chi connectivity index (χ2v) is 10.4. The summed E-state index contributed by atoms with van der Waals surface area (Å²) in [6.45, 7) is 5.33. The van der Waals surface area contributed by atoms with Crippen molar-refractivity contribution in [1.29, 1.82) is 0 Å². The zero-order chi connectivity index (χ0) is 22.9. The second-order valence-electron chi connectivity index (χ2n) is 9.28. The van der Waals surface area contributed by atoms with Gasteiger partial charge >= 0.3 is 0 Å². The highest BCUT2D eigenvalue weighted by molar-refractivity contribution is 14.1. The van der Waals surface area contributed by atoms with Gasteiger partial charge in [0.05, 0.1) is 12.0 Å². The SMILES string of the molecule is COCCOc1ccc([C@@H]2CC[C@@]3(C)C(=O)N[C@H](C)[C@H]3[C@H]2c2ccc(CI)cc2)c(Cl)c1. The lowest BCUT2D eigenvalue weighted by Crippen LogP contribution is -2.42. The fourth-order valence-electron chi connectivity index (χ4n) is 5.80. The highest BCUT2D eigenvalue weighted by Gasteiger charge is 2.57. The first-order valence-corrected chi connectivity index (χ1v) is 13.2. The molecule has 1 aliphatic carbocycles. The molecule has 1 N–H and O–H groups in total. The van der Waals surface area contributed by atoms with Crippen LogP contribution in [0, 0.1) is 11.3 Å². The predicted molar refractivity (Wildman–Crippen MR) is 137 cm³/mol. The Hall–Kier alpha value is -1.31. The van der Waals surface area contributed by atoms with Crippen LogP contribution in [-0.4, -0.2) is 32.3 Å². The molecule has 172 valence electrons. The molecule has 1 saturated carbocycles. The van der Waals surface area contributed by atoms with Crippen LogP contribution in [0.25, 0.3) is 0 Å². The Bertz CT molecular complexity index is 966. The molecule has 0 unspecified atom stereocenters. The van der Waals surface area contributed by atoms with Crippen molar-refractivity contribution in [3.05, 3.63) is 64.2 Å². The summed E-state index contributed by atoms with van der Waals surface area (Å²) < 4.78 is 11.8. The molecule has 0 aromatic heterocycles. The van der Waals surface area contributed by atoms with E-state index in [1.807, 2.05) is 12.1 Å². The fraction of sp³-hybridized carbons (Fsp3) is 0.500. The maximum absolute atomic E-state index is 12.9. The molecule has 1 saturated heterocycles. The molecule has 2 aromatic carbocycles. The number of ether oxygens (including phenoxy) is 2. The summed E-state index contributed by atoms with van der Waals surface area (Å²) in [5.41, 5.74) is 3.40. The largest absolute Gasteiger partial charge is 0.491 e. The van der Waals surface area contributed by atoms with Crippen LogP contribution in [0.5, 0.6) is 5.75 Å². The molecule has 1 aliphatic heterocycles. The Morgan fingerprint density at radius 2 is 1.94 bits per heavy atom. The summed E-state index contributed by atoms with van der Waals surface area (Å²) in [6, 6.07) is 15.1. The summed E-state index contributed by atoms with van der Waals surface area (Å²) in [5, 5.41) is 3.97. The molecule has 5 atom stereocenters. The van der Waals surface area contributed by atoms with Crippen molar-refractivity contribution in [3.63, 3.8) is 0 Å². The molecular weight excluding hydrogens is 537 g/mol. The number of fused-ring (bicyclic) bond motifs is 1. The Morgan fingerprint density at radius 1 is 1.19 bits per heavy atom. The summed E-state index contributed by atoms with van der Waals surface area (Å²) in [5.74, 6) is 1.62. The van der Waals surface area contributed by atoms with E-state index in [2.05, 4.69) is 72.1 Å². The van der Waals surface area contributed by atoms with Crippen molar-refractivity contribution < 1.29 is 14.3 Å². The molecule has 0 radical (unpaired) electrons. The third kappa shape index (κ3) is 4.40. The van der Waals surface area contributed by atoms with E-state index in [0.717, 1.165) is 33.6 Å². The van der Waals surface area contributed by atoms with Crippen molar-refractivity contribution in [2.45, 2.75) is 49.0 Å². The van der Waals surface area contributed by atoms with Crippen LogP contribution in [0.2, 0.25) is 5.02 Å². The number of nitrogens with one attached hydrogen (secondary N) is 1. The van der Waals surface area contributed by atoms with E-state index in [0.29, 0.717) is 13.2 Å². The van der Waals surface area contributed by atoms with E-state index in [4.69, 9.17) is 21.1 Å². The minimum Gasteiger partial charge on any atom is -0.491 e. The van der Waals surface area contributed by atoms with Gasteiger partial charge in [-0.25, -0.2) is 0 Å². The summed E-state index contributed by atoms with van der Waals surface area (Å²) >= 11 is 9.22. The molecule has 32 heavy (non-hydrogen) atoms. The Kier molecular flexibility index (Phi) is 7.37. The van der Waals surface area contributed by atoms with Gasteiger partial charge in [-0.2, -0.15) is 0 Å². The highest BCUT2D eigenvalue weighted by Crippen LogP contribution is 2.59. The van der Waals surface area contributed by atoms with Gasteiger partial charge in [0.15, 0.2) is 0 Å². The van der Waals surface area contributed by atoms with Gasteiger partial charge in [0, 0.05) is 28.5 Å². The summed E-state index contributed by atoms with van der Waals surface area (Å²) in [6.07, 6.45) is 1.79. The average Bonchev–Trinajstić information content (AvgIpc) is 3.02. The monoisotopic (exact) mass is 567 g/mol. The molecule has 2 fully saturated rings. The van der Waals surface area contributed by atoms with Crippen molar-refractivity contribution in [2.75, 3.05) is 20.3 Å². The van der Waals surface area contributed by atoms with Crippen molar-refractivity contribution >= 4 is 40.1 Å². The van der Waals surface area contributed by atoms with Crippen LogP contribution in [0.3, 0.4) is 0 Å². The minimum absolute atomic E-state index is 0.125. The van der Waals surface area contributed by atoms with Gasteiger partial charge < -0.3 is 14.8 Å². The van der Waals surface area contributed by atoms with Crippen LogP contribution in [0.4, 0.5) is 0 Å². The number of alkyl halides is 1. The first-order valence-electron chi connectivity index (χ1n) is 11.3. The lowest BCUT2D eigenvalue weighted by molar-refractivity contribution is -0.129. The standard InChI is InChI=1S/C26H31ClINO3/c1-16-24-23(18-6-4-17(15-28)5-7-18)21(10-11-26(24,2)25(30)29-16)20-9-8-19(14-22(20)27)32-13-12-31-3/h4-9,14,16,21,23-24H,10-13,15H2,1-3H3,(H,29,30)/t16-,21+,23+,24+,26-/m1/s1. The number of benzene rings is 2. The van der Waals surface area contributed by atoms with Gasteiger partial charge in [-0.05, 0) is 60.4 Å². The summed E-state index contributed by atoms with van der Waals surface area (Å²) in [4.78, 5) is 12.9. The predicted octanol–water partition coefficient (Wildman–Crippen LogP) is 6.10. The number of carbonyl (C=O) groups is 1. The topological polar surface area (TPSA) is 47.6 Å². The number of halogens is 2. The highest BCUT2D eigenvalue weighted by atomic mass is 127. The number of methoxy groups -OCH3 is 1. The van der Waals surface area contributed by atoms with Crippen LogP contribution < -0.4 is 10.1 Å². The van der Waals surface area contributed by atoms with Crippen LogP contribution in [0.1, 0.15) is 55.2 Å². The van der Waals surface area contributed by atoms with E-state index < -0.39 is 0 Å². The van der Waals surface area contributed by atoms with Gasteiger partial charge in [-0.1, -0.05) is 71.4 Å². The van der Waals surface area contributed by atoms with E-state index in [1.54, 1.807) is 7.11 Å². The summed E-state index contributed by atoms with van der Waals surface area (Å²) in [7, 11) is 1.66. The van der Waals surface area contributed by atoms with Crippen LogP contribution in [0.15, 0.2) is 42.5 Å². The van der Waals surface area contributed by atoms with E-state index in [-0.39, 0.29) is 35.1 Å². The molecular formula is C26H31ClINO3. The Morgan fingerprint density at radius 3 is 2.59 bits per heavy atom. The number of hydrogen-bond donors (Lipinski definition) is 1. The van der Waals surface area contributed by atoms with E-state index in [1.165, 1.54) is 11.1 Å². The molecule has 6 heteroatoms.